The van der Waals surface area contributed by atoms with Crippen molar-refractivity contribution in [3.8, 4) is 5.75 Å². The maximum absolute atomic E-state index is 12.8. The number of benzene rings is 1. The van der Waals surface area contributed by atoms with Gasteiger partial charge in [0.2, 0.25) is 10.0 Å². The molecule has 0 unspecified atom stereocenters. The van der Waals surface area contributed by atoms with E-state index >= 15 is 0 Å². The molecule has 1 fully saturated rings. The molecule has 1 saturated heterocycles. The number of rotatable bonds is 6. The van der Waals surface area contributed by atoms with E-state index in [1.807, 2.05) is 0 Å². The topological polar surface area (TPSA) is 87.2 Å². The number of ether oxygens (including phenoxy) is 1. The Balaban J connectivity index is 2.27. The summed E-state index contributed by atoms with van der Waals surface area (Å²) in [7, 11) is -3.71. The maximum Gasteiger partial charge on any atom is 0.339 e. The third kappa shape index (κ3) is 3.88. The predicted molar refractivity (Wildman–Crippen MR) is 90.0 cm³/mol. The molecule has 0 radical (unpaired) electrons. The first-order valence-electron chi connectivity index (χ1n) is 8.01. The Bertz CT molecular complexity index is 694. The fraction of sp³-hybridized carbons (Fsp3) is 0.562. The molecule has 0 aliphatic carbocycles. The van der Waals surface area contributed by atoms with Gasteiger partial charge in [-0.05, 0) is 39.0 Å². The van der Waals surface area contributed by atoms with E-state index in [-0.39, 0.29) is 16.2 Å². The van der Waals surface area contributed by atoms with Crippen LogP contribution in [0.4, 0.5) is 0 Å². The number of aromatic carboxylic acids is 1. The average molecular weight is 356 g/mol. The Hall–Kier alpha value is -1.64. The molecule has 1 aliphatic rings. The largest absolute Gasteiger partial charge is 0.493 e. The van der Waals surface area contributed by atoms with E-state index in [0.29, 0.717) is 38.8 Å². The van der Waals surface area contributed by atoms with Crippen molar-refractivity contribution in [3.05, 3.63) is 23.8 Å². The summed E-state index contributed by atoms with van der Waals surface area (Å²) in [6, 6.07) is 4.36. The van der Waals surface area contributed by atoms with Crippen molar-refractivity contribution < 1.29 is 23.1 Å². The first-order valence-corrected chi connectivity index (χ1v) is 9.45. The lowest BCUT2D eigenvalue weighted by Crippen LogP contribution is -2.50. The Labute approximate surface area is 142 Å². The van der Waals surface area contributed by atoms with Gasteiger partial charge in [-0.1, -0.05) is 0 Å². The van der Waals surface area contributed by atoms with Crippen LogP contribution in [-0.2, 0) is 10.0 Å². The summed E-state index contributed by atoms with van der Waals surface area (Å²) in [5.74, 6) is -1.03. The Morgan fingerprint density at radius 1 is 1.25 bits per heavy atom. The van der Waals surface area contributed by atoms with Gasteiger partial charge in [0.1, 0.15) is 11.3 Å². The van der Waals surface area contributed by atoms with Crippen LogP contribution in [0.2, 0.25) is 0 Å². The second kappa shape index (κ2) is 7.50. The molecule has 1 aliphatic heterocycles. The molecule has 1 heterocycles. The van der Waals surface area contributed by atoms with E-state index < -0.39 is 16.0 Å². The highest BCUT2D eigenvalue weighted by atomic mass is 32.2. The van der Waals surface area contributed by atoms with Crippen molar-refractivity contribution in [3.63, 3.8) is 0 Å². The van der Waals surface area contributed by atoms with Gasteiger partial charge in [0.15, 0.2) is 0 Å². The zero-order valence-corrected chi connectivity index (χ0v) is 15.0. The third-order valence-electron chi connectivity index (χ3n) is 4.12. The zero-order chi connectivity index (χ0) is 17.9. The van der Waals surface area contributed by atoms with Crippen molar-refractivity contribution in [1.29, 1.82) is 0 Å². The van der Waals surface area contributed by atoms with Crippen molar-refractivity contribution >= 4 is 16.0 Å². The quantitative estimate of drug-likeness (QED) is 0.831. The van der Waals surface area contributed by atoms with Gasteiger partial charge >= 0.3 is 5.97 Å². The van der Waals surface area contributed by atoms with Crippen LogP contribution in [0.15, 0.2) is 23.1 Å². The van der Waals surface area contributed by atoms with Gasteiger partial charge in [-0.15, -0.1) is 0 Å². The van der Waals surface area contributed by atoms with Gasteiger partial charge < -0.3 is 9.84 Å². The highest BCUT2D eigenvalue weighted by Crippen LogP contribution is 2.25. The lowest BCUT2D eigenvalue weighted by molar-refractivity contribution is 0.0692. The molecule has 1 aromatic carbocycles. The van der Waals surface area contributed by atoms with E-state index in [0.717, 1.165) is 0 Å². The Morgan fingerprint density at radius 2 is 1.88 bits per heavy atom. The fourth-order valence-electron chi connectivity index (χ4n) is 2.73. The van der Waals surface area contributed by atoms with Crippen LogP contribution in [0.5, 0.6) is 5.75 Å². The summed E-state index contributed by atoms with van der Waals surface area (Å²) in [4.78, 5) is 13.6. The zero-order valence-electron chi connectivity index (χ0n) is 14.2. The number of piperazine rings is 1. The molecule has 0 amide bonds. The predicted octanol–water partition coefficient (Wildman–Crippen LogP) is 1.50. The molecule has 7 nitrogen and oxygen atoms in total. The van der Waals surface area contributed by atoms with Crippen molar-refractivity contribution in [1.82, 2.24) is 9.21 Å². The number of carboxylic acids is 1. The Morgan fingerprint density at radius 3 is 2.38 bits per heavy atom. The highest BCUT2D eigenvalue weighted by Gasteiger charge is 2.30. The average Bonchev–Trinajstić information content (AvgIpc) is 2.55. The molecule has 1 N–H and O–H groups in total. The van der Waals surface area contributed by atoms with Crippen molar-refractivity contribution in [2.75, 3.05) is 32.8 Å². The van der Waals surface area contributed by atoms with Gasteiger partial charge in [0.05, 0.1) is 11.5 Å². The van der Waals surface area contributed by atoms with Crippen molar-refractivity contribution in [2.45, 2.75) is 31.7 Å². The van der Waals surface area contributed by atoms with Crippen LogP contribution in [0.3, 0.4) is 0 Å². The van der Waals surface area contributed by atoms with Gasteiger partial charge in [-0.2, -0.15) is 4.31 Å². The van der Waals surface area contributed by atoms with E-state index in [9.17, 15) is 18.3 Å². The normalized spacial score (nSPS) is 17.2. The molecule has 0 atom stereocenters. The van der Waals surface area contributed by atoms with Crippen LogP contribution in [0.25, 0.3) is 0 Å². The maximum atomic E-state index is 12.8. The van der Waals surface area contributed by atoms with E-state index in [4.69, 9.17) is 4.74 Å². The first-order chi connectivity index (χ1) is 11.3. The van der Waals surface area contributed by atoms with Gasteiger partial charge in [-0.3, -0.25) is 4.90 Å². The van der Waals surface area contributed by atoms with Crippen LogP contribution < -0.4 is 4.74 Å². The fourth-order valence-corrected chi connectivity index (χ4v) is 4.18. The monoisotopic (exact) mass is 356 g/mol. The SMILES string of the molecule is CCOc1ccc(S(=O)(=O)N2CCN(C(C)C)CC2)cc1C(=O)O. The summed E-state index contributed by atoms with van der Waals surface area (Å²) >= 11 is 0. The van der Waals surface area contributed by atoms with Crippen LogP contribution in [0.1, 0.15) is 31.1 Å². The van der Waals surface area contributed by atoms with E-state index in [1.165, 1.54) is 22.5 Å². The Kier molecular flexibility index (Phi) is 5.84. The standard InChI is InChI=1S/C16H24N2O5S/c1-4-23-15-6-5-13(11-14(15)16(19)20)24(21,22)18-9-7-17(8-10-18)12(2)3/h5-6,11-12H,4,7-10H2,1-3H3,(H,19,20). The van der Waals surface area contributed by atoms with Gasteiger partial charge in [0.25, 0.3) is 0 Å². The highest BCUT2D eigenvalue weighted by molar-refractivity contribution is 7.89. The number of nitrogens with zero attached hydrogens (tertiary/aromatic N) is 2. The first kappa shape index (κ1) is 18.7. The van der Waals surface area contributed by atoms with Crippen molar-refractivity contribution in [2.24, 2.45) is 0 Å². The number of hydrogen-bond donors (Lipinski definition) is 1. The summed E-state index contributed by atoms with van der Waals surface area (Å²) in [6.07, 6.45) is 0. The molecule has 0 bridgehead atoms. The molecular weight excluding hydrogens is 332 g/mol. The summed E-state index contributed by atoms with van der Waals surface area (Å²) in [5.41, 5.74) is -0.140. The molecule has 134 valence electrons. The van der Waals surface area contributed by atoms with Gasteiger partial charge in [0, 0.05) is 32.2 Å². The number of hydrogen-bond acceptors (Lipinski definition) is 5. The summed E-state index contributed by atoms with van der Waals surface area (Å²) in [6.45, 7) is 8.34. The molecule has 24 heavy (non-hydrogen) atoms. The minimum atomic E-state index is -3.71. The number of sulfonamides is 1. The molecule has 0 aromatic heterocycles. The molecule has 0 spiro atoms. The van der Waals surface area contributed by atoms with Gasteiger partial charge in [-0.25, -0.2) is 13.2 Å². The van der Waals surface area contributed by atoms with E-state index in [2.05, 4.69) is 18.7 Å². The molecule has 0 saturated carbocycles. The minimum Gasteiger partial charge on any atom is -0.493 e. The lowest BCUT2D eigenvalue weighted by atomic mass is 10.2. The third-order valence-corrected chi connectivity index (χ3v) is 6.02. The number of carboxylic acid groups (broad SMARTS) is 1. The van der Waals surface area contributed by atoms with Crippen LogP contribution in [0, 0.1) is 0 Å². The van der Waals surface area contributed by atoms with E-state index in [1.54, 1.807) is 6.92 Å². The van der Waals surface area contributed by atoms with Crippen LogP contribution in [-0.4, -0.2) is 67.5 Å². The lowest BCUT2D eigenvalue weighted by Gasteiger charge is -2.36. The molecule has 1 aromatic rings. The van der Waals surface area contributed by atoms with Crippen LogP contribution >= 0.6 is 0 Å². The minimum absolute atomic E-state index is 0.0126. The summed E-state index contributed by atoms with van der Waals surface area (Å²) < 4.78 is 32.2. The molecule has 2 rings (SSSR count). The molecule has 8 heteroatoms. The molecular formula is C16H24N2O5S. The smallest absolute Gasteiger partial charge is 0.339 e. The number of carbonyl (C=O) groups is 1. The second-order valence-corrected chi connectivity index (χ2v) is 7.87. The summed E-state index contributed by atoms with van der Waals surface area (Å²) in [5, 5.41) is 9.29. The second-order valence-electron chi connectivity index (χ2n) is 5.93.